The topological polar surface area (TPSA) is 52.6 Å². The minimum Gasteiger partial charge on any atom is -0.356 e. The summed E-state index contributed by atoms with van der Waals surface area (Å²) < 4.78 is 26.9. The number of aromatic nitrogens is 2. The number of nitrogens with zero attached hydrogens (tertiary/aromatic N) is 5. The standard InChI is InChI=1S/C21H25F2N5O/c22-17-5-4-16(18(23)13-17)12-21(29)28-10-8-27(9-11-28)20-14-19(24-15-25-20)26-6-2-1-3-7-26/h4-5,13-15H,1-3,6-12H2. The third-order valence-electron chi connectivity index (χ3n) is 5.63. The number of rotatable bonds is 4. The van der Waals surface area contributed by atoms with Crippen molar-refractivity contribution in [2.45, 2.75) is 25.7 Å². The first-order chi connectivity index (χ1) is 14.1. The lowest BCUT2D eigenvalue weighted by atomic mass is 10.1. The molecule has 2 aromatic rings. The monoisotopic (exact) mass is 401 g/mol. The number of hydrogen-bond donors (Lipinski definition) is 0. The van der Waals surface area contributed by atoms with Crippen molar-refractivity contribution in [1.29, 1.82) is 0 Å². The Kier molecular flexibility index (Phi) is 5.87. The van der Waals surface area contributed by atoms with Crippen molar-refractivity contribution in [3.8, 4) is 0 Å². The lowest BCUT2D eigenvalue weighted by Crippen LogP contribution is -2.49. The molecule has 3 heterocycles. The minimum atomic E-state index is -0.678. The highest BCUT2D eigenvalue weighted by molar-refractivity contribution is 5.79. The molecule has 29 heavy (non-hydrogen) atoms. The van der Waals surface area contributed by atoms with Crippen LogP contribution in [-0.2, 0) is 11.2 Å². The first-order valence-electron chi connectivity index (χ1n) is 10.1. The molecule has 0 unspecified atom stereocenters. The molecule has 4 rings (SSSR count). The lowest BCUT2D eigenvalue weighted by Gasteiger charge is -2.36. The highest BCUT2D eigenvalue weighted by Gasteiger charge is 2.23. The normalized spacial score (nSPS) is 17.5. The van der Waals surface area contributed by atoms with Gasteiger partial charge in [-0.2, -0.15) is 0 Å². The van der Waals surface area contributed by atoms with Crippen LogP contribution in [0, 0.1) is 11.6 Å². The van der Waals surface area contributed by atoms with Crippen molar-refractivity contribution in [1.82, 2.24) is 14.9 Å². The van der Waals surface area contributed by atoms with E-state index >= 15 is 0 Å². The first kappa shape index (κ1) is 19.5. The second-order valence-electron chi connectivity index (χ2n) is 7.56. The van der Waals surface area contributed by atoms with E-state index < -0.39 is 11.6 Å². The molecule has 1 aromatic heterocycles. The van der Waals surface area contributed by atoms with Crippen LogP contribution in [0.3, 0.4) is 0 Å². The van der Waals surface area contributed by atoms with Crippen LogP contribution < -0.4 is 9.80 Å². The van der Waals surface area contributed by atoms with Gasteiger partial charge in [-0.3, -0.25) is 4.79 Å². The predicted molar refractivity (Wildman–Crippen MR) is 107 cm³/mol. The van der Waals surface area contributed by atoms with E-state index in [0.717, 1.165) is 30.8 Å². The highest BCUT2D eigenvalue weighted by Crippen LogP contribution is 2.22. The van der Waals surface area contributed by atoms with E-state index in [1.165, 1.54) is 31.4 Å². The molecule has 154 valence electrons. The number of anilines is 2. The molecule has 8 heteroatoms. The number of halogens is 2. The van der Waals surface area contributed by atoms with Crippen molar-refractivity contribution in [2.24, 2.45) is 0 Å². The molecule has 0 spiro atoms. The van der Waals surface area contributed by atoms with E-state index in [9.17, 15) is 13.6 Å². The van der Waals surface area contributed by atoms with Crippen molar-refractivity contribution in [3.63, 3.8) is 0 Å². The van der Waals surface area contributed by atoms with Crippen LogP contribution >= 0.6 is 0 Å². The molecular weight excluding hydrogens is 376 g/mol. The summed E-state index contributed by atoms with van der Waals surface area (Å²) in [4.78, 5) is 27.5. The lowest BCUT2D eigenvalue weighted by molar-refractivity contribution is -0.130. The van der Waals surface area contributed by atoms with Gasteiger partial charge in [-0.25, -0.2) is 18.7 Å². The van der Waals surface area contributed by atoms with Crippen LogP contribution in [0.15, 0.2) is 30.6 Å². The van der Waals surface area contributed by atoms with E-state index in [0.29, 0.717) is 26.2 Å². The van der Waals surface area contributed by atoms with E-state index in [1.807, 2.05) is 6.07 Å². The Hall–Kier alpha value is -2.77. The summed E-state index contributed by atoms with van der Waals surface area (Å²) in [5.74, 6) is 0.369. The number of benzene rings is 1. The van der Waals surface area contributed by atoms with Crippen LogP contribution in [0.2, 0.25) is 0 Å². The number of carbonyl (C=O) groups is 1. The number of amides is 1. The summed E-state index contributed by atoms with van der Waals surface area (Å²) in [5.41, 5.74) is 0.223. The van der Waals surface area contributed by atoms with Gasteiger partial charge in [0.25, 0.3) is 0 Å². The maximum absolute atomic E-state index is 13.8. The number of carbonyl (C=O) groups excluding carboxylic acids is 1. The molecule has 2 aliphatic heterocycles. The Morgan fingerprint density at radius 1 is 0.862 bits per heavy atom. The Balaban J connectivity index is 1.35. The zero-order valence-corrected chi connectivity index (χ0v) is 16.4. The summed E-state index contributed by atoms with van der Waals surface area (Å²) >= 11 is 0. The Bertz CT molecular complexity index is 864. The average molecular weight is 401 g/mol. The van der Waals surface area contributed by atoms with E-state index in [1.54, 1.807) is 11.2 Å². The number of piperazine rings is 1. The molecule has 6 nitrogen and oxygen atoms in total. The molecule has 0 N–H and O–H groups in total. The third kappa shape index (κ3) is 4.63. The van der Waals surface area contributed by atoms with Crippen molar-refractivity contribution in [3.05, 3.63) is 47.8 Å². The van der Waals surface area contributed by atoms with E-state index in [2.05, 4.69) is 19.8 Å². The minimum absolute atomic E-state index is 0.0568. The zero-order chi connectivity index (χ0) is 20.2. The molecule has 2 aliphatic rings. The van der Waals surface area contributed by atoms with E-state index in [4.69, 9.17) is 0 Å². The molecule has 2 saturated heterocycles. The van der Waals surface area contributed by atoms with Gasteiger partial charge < -0.3 is 14.7 Å². The maximum atomic E-state index is 13.8. The summed E-state index contributed by atoms with van der Waals surface area (Å²) in [6.07, 6.45) is 5.20. The van der Waals surface area contributed by atoms with Crippen LogP contribution in [-0.4, -0.2) is 60.0 Å². The molecule has 1 amide bonds. The third-order valence-corrected chi connectivity index (χ3v) is 5.63. The molecule has 0 aliphatic carbocycles. The number of hydrogen-bond acceptors (Lipinski definition) is 5. The SMILES string of the molecule is O=C(Cc1ccc(F)cc1F)N1CCN(c2cc(N3CCCCC3)ncn2)CC1. The largest absolute Gasteiger partial charge is 0.356 e. The summed E-state index contributed by atoms with van der Waals surface area (Å²) in [6.45, 7) is 4.47. The van der Waals surface area contributed by atoms with Gasteiger partial charge in [0.05, 0.1) is 6.42 Å². The molecular formula is C21H25F2N5O. The molecule has 0 bridgehead atoms. The summed E-state index contributed by atoms with van der Waals surface area (Å²) in [6, 6.07) is 5.35. The van der Waals surface area contributed by atoms with Crippen LogP contribution in [0.5, 0.6) is 0 Å². The second-order valence-corrected chi connectivity index (χ2v) is 7.56. The fraction of sp³-hybridized carbons (Fsp3) is 0.476. The van der Waals surface area contributed by atoms with Crippen molar-refractivity contribution < 1.29 is 13.6 Å². The first-order valence-corrected chi connectivity index (χ1v) is 10.1. The van der Waals surface area contributed by atoms with Crippen molar-refractivity contribution >= 4 is 17.5 Å². The highest BCUT2D eigenvalue weighted by atomic mass is 19.1. The van der Waals surface area contributed by atoms with Crippen LogP contribution in [0.25, 0.3) is 0 Å². The Morgan fingerprint density at radius 2 is 1.52 bits per heavy atom. The van der Waals surface area contributed by atoms with Gasteiger partial charge in [0, 0.05) is 51.4 Å². The number of piperidine rings is 1. The quantitative estimate of drug-likeness (QED) is 0.789. The predicted octanol–water partition coefficient (Wildman–Crippen LogP) is 2.64. The van der Waals surface area contributed by atoms with Crippen LogP contribution in [0.4, 0.5) is 20.4 Å². The van der Waals surface area contributed by atoms with Crippen molar-refractivity contribution in [2.75, 3.05) is 49.1 Å². The molecule has 1 aromatic carbocycles. The summed E-state index contributed by atoms with van der Waals surface area (Å²) in [5, 5.41) is 0. The van der Waals surface area contributed by atoms with Gasteiger partial charge in [-0.15, -0.1) is 0 Å². The Morgan fingerprint density at radius 3 is 2.17 bits per heavy atom. The van der Waals surface area contributed by atoms with Gasteiger partial charge in [0.1, 0.15) is 29.6 Å². The average Bonchev–Trinajstić information content (AvgIpc) is 2.76. The van der Waals surface area contributed by atoms with Gasteiger partial charge in [-0.1, -0.05) is 6.07 Å². The van der Waals surface area contributed by atoms with Gasteiger partial charge in [0.15, 0.2) is 0 Å². The molecule has 0 atom stereocenters. The zero-order valence-electron chi connectivity index (χ0n) is 16.4. The molecule has 0 saturated carbocycles. The van der Waals surface area contributed by atoms with Gasteiger partial charge >= 0.3 is 0 Å². The van der Waals surface area contributed by atoms with Gasteiger partial charge in [0.2, 0.25) is 5.91 Å². The Labute approximate surface area is 169 Å². The molecule has 2 fully saturated rings. The summed E-state index contributed by atoms with van der Waals surface area (Å²) in [7, 11) is 0. The fourth-order valence-electron chi connectivity index (χ4n) is 3.93. The fourth-order valence-corrected chi connectivity index (χ4v) is 3.93. The van der Waals surface area contributed by atoms with Crippen LogP contribution in [0.1, 0.15) is 24.8 Å². The smallest absolute Gasteiger partial charge is 0.227 e. The van der Waals surface area contributed by atoms with E-state index in [-0.39, 0.29) is 17.9 Å². The maximum Gasteiger partial charge on any atom is 0.227 e. The second kappa shape index (κ2) is 8.71. The molecule has 0 radical (unpaired) electrons. The van der Waals surface area contributed by atoms with Gasteiger partial charge in [-0.05, 0) is 30.9 Å².